The van der Waals surface area contributed by atoms with E-state index in [4.69, 9.17) is 5.73 Å². The Balaban J connectivity index is 3.08. The third-order valence-corrected chi connectivity index (χ3v) is 4.27. The maximum Gasteiger partial charge on any atom is 0.328 e. The van der Waals surface area contributed by atoms with Crippen LogP contribution in [0.15, 0.2) is 17.0 Å². The van der Waals surface area contributed by atoms with E-state index in [0.717, 1.165) is 12.0 Å². The molecule has 6 nitrogen and oxygen atoms in total. The first-order valence-corrected chi connectivity index (χ1v) is 7.44. The summed E-state index contributed by atoms with van der Waals surface area (Å²) in [6, 6.07) is 2.50. The molecule has 0 aromatic heterocycles. The van der Waals surface area contributed by atoms with Crippen LogP contribution in [-0.2, 0) is 10.0 Å². The van der Waals surface area contributed by atoms with Gasteiger partial charge in [0.05, 0.1) is 5.69 Å². The van der Waals surface area contributed by atoms with E-state index in [9.17, 15) is 13.2 Å². The van der Waals surface area contributed by atoms with Gasteiger partial charge in [-0.1, -0.05) is 13.0 Å². The molecule has 0 aliphatic rings. The number of nitrogens with two attached hydrogens (primary N) is 1. The van der Waals surface area contributed by atoms with Crippen LogP contribution >= 0.6 is 0 Å². The van der Waals surface area contributed by atoms with Crippen molar-refractivity contribution in [3.63, 3.8) is 0 Å². The molecule has 0 saturated carbocycles. The van der Waals surface area contributed by atoms with Gasteiger partial charge in [0.2, 0.25) is 0 Å². The van der Waals surface area contributed by atoms with Crippen molar-refractivity contribution < 1.29 is 13.2 Å². The van der Waals surface area contributed by atoms with Crippen molar-refractivity contribution in [3.8, 4) is 0 Å². The van der Waals surface area contributed by atoms with Gasteiger partial charge in [0.1, 0.15) is 4.90 Å². The summed E-state index contributed by atoms with van der Waals surface area (Å²) in [7, 11) is -3.96. The predicted molar refractivity (Wildman–Crippen MR) is 74.3 cm³/mol. The molecular weight excluding hydrogens is 266 g/mol. The number of urea groups is 1. The van der Waals surface area contributed by atoms with Crippen molar-refractivity contribution in [2.45, 2.75) is 32.1 Å². The van der Waals surface area contributed by atoms with Gasteiger partial charge in [0.15, 0.2) is 0 Å². The third-order valence-electron chi connectivity index (χ3n) is 2.74. The lowest BCUT2D eigenvalue weighted by atomic mass is 10.1. The van der Waals surface area contributed by atoms with Crippen LogP contribution in [0.2, 0.25) is 0 Å². The summed E-state index contributed by atoms with van der Waals surface area (Å²) in [6.45, 7) is 5.72. The van der Waals surface area contributed by atoms with E-state index < -0.39 is 16.1 Å². The minimum absolute atomic E-state index is 0.0425. The molecule has 7 heteroatoms. The highest BCUT2D eigenvalue weighted by atomic mass is 32.2. The first kappa shape index (κ1) is 15.3. The summed E-state index contributed by atoms with van der Waals surface area (Å²) in [4.78, 5) is 11.4. The molecule has 0 aliphatic carbocycles. The number of hydrogen-bond acceptors (Lipinski definition) is 4. The van der Waals surface area contributed by atoms with Crippen molar-refractivity contribution in [1.82, 2.24) is 10.0 Å². The second kappa shape index (κ2) is 5.92. The van der Waals surface area contributed by atoms with Gasteiger partial charge in [-0.05, 0) is 37.5 Å². The van der Waals surface area contributed by atoms with Crippen LogP contribution in [0.25, 0.3) is 0 Å². The highest BCUT2D eigenvalue weighted by Crippen LogP contribution is 2.24. The first-order valence-electron chi connectivity index (χ1n) is 5.96. The van der Waals surface area contributed by atoms with E-state index in [1.54, 1.807) is 19.9 Å². The van der Waals surface area contributed by atoms with Gasteiger partial charge in [-0.25, -0.2) is 17.9 Å². The fourth-order valence-electron chi connectivity index (χ4n) is 1.62. The number of carbonyl (C=O) groups excluding carboxylic acids is 1. The van der Waals surface area contributed by atoms with Gasteiger partial charge in [-0.2, -0.15) is 0 Å². The van der Waals surface area contributed by atoms with Gasteiger partial charge in [0.25, 0.3) is 10.0 Å². The second-order valence-corrected chi connectivity index (χ2v) is 5.91. The number of carbonyl (C=O) groups is 1. The van der Waals surface area contributed by atoms with Crippen molar-refractivity contribution >= 4 is 21.7 Å². The Morgan fingerprint density at radius 3 is 2.53 bits per heavy atom. The van der Waals surface area contributed by atoms with E-state index >= 15 is 0 Å². The van der Waals surface area contributed by atoms with Gasteiger partial charge in [-0.3, -0.25) is 0 Å². The molecule has 1 aromatic rings. The molecule has 19 heavy (non-hydrogen) atoms. The number of nitrogen functional groups attached to an aromatic ring is 1. The van der Waals surface area contributed by atoms with Crippen LogP contribution < -0.4 is 15.8 Å². The summed E-state index contributed by atoms with van der Waals surface area (Å²) in [5, 5.41) is 2.44. The highest BCUT2D eigenvalue weighted by Gasteiger charge is 2.23. The highest BCUT2D eigenvalue weighted by molar-refractivity contribution is 7.90. The lowest BCUT2D eigenvalue weighted by Crippen LogP contribution is -2.40. The lowest BCUT2D eigenvalue weighted by molar-refractivity contribution is 0.246. The van der Waals surface area contributed by atoms with Crippen molar-refractivity contribution in [1.29, 1.82) is 0 Å². The van der Waals surface area contributed by atoms with E-state index in [-0.39, 0.29) is 10.6 Å². The molecule has 0 atom stereocenters. The maximum atomic E-state index is 12.1. The van der Waals surface area contributed by atoms with Crippen LogP contribution in [0.5, 0.6) is 0 Å². The van der Waals surface area contributed by atoms with E-state index in [1.807, 2.05) is 11.6 Å². The molecule has 4 N–H and O–H groups in total. The Kier molecular flexibility index (Phi) is 4.77. The molecule has 0 unspecified atom stereocenters. The zero-order valence-corrected chi connectivity index (χ0v) is 12.1. The summed E-state index contributed by atoms with van der Waals surface area (Å²) < 4.78 is 26.3. The molecule has 1 rings (SSSR count). The normalized spacial score (nSPS) is 11.1. The van der Waals surface area contributed by atoms with Crippen molar-refractivity contribution in [2.24, 2.45) is 0 Å². The van der Waals surface area contributed by atoms with Crippen LogP contribution in [0.1, 0.15) is 24.5 Å². The maximum absolute atomic E-state index is 12.1. The molecule has 106 valence electrons. The molecule has 2 amide bonds. The molecule has 0 heterocycles. The van der Waals surface area contributed by atoms with Gasteiger partial charge in [0, 0.05) is 6.54 Å². The van der Waals surface area contributed by atoms with Crippen LogP contribution in [0, 0.1) is 13.8 Å². The molecule has 0 spiro atoms. The average molecular weight is 285 g/mol. The monoisotopic (exact) mass is 285 g/mol. The Morgan fingerprint density at radius 1 is 1.32 bits per heavy atom. The summed E-state index contributed by atoms with van der Waals surface area (Å²) in [5.74, 6) is 0. The van der Waals surface area contributed by atoms with E-state index in [2.05, 4.69) is 5.32 Å². The Labute approximate surface area is 113 Å². The van der Waals surface area contributed by atoms with Crippen LogP contribution in [0.3, 0.4) is 0 Å². The Hall–Kier alpha value is -1.76. The van der Waals surface area contributed by atoms with E-state index in [0.29, 0.717) is 12.1 Å². The minimum Gasteiger partial charge on any atom is -0.398 e. The second-order valence-electron chi connectivity index (χ2n) is 4.29. The molecule has 0 aliphatic heterocycles. The largest absolute Gasteiger partial charge is 0.398 e. The number of benzene rings is 1. The van der Waals surface area contributed by atoms with Gasteiger partial charge >= 0.3 is 6.03 Å². The van der Waals surface area contributed by atoms with E-state index in [1.165, 1.54) is 6.07 Å². The van der Waals surface area contributed by atoms with Gasteiger partial charge in [-0.15, -0.1) is 0 Å². The summed E-state index contributed by atoms with van der Waals surface area (Å²) in [5.41, 5.74) is 7.16. The number of hydrogen-bond donors (Lipinski definition) is 3. The number of nitrogens with one attached hydrogen (secondary N) is 2. The van der Waals surface area contributed by atoms with Crippen LogP contribution in [0.4, 0.5) is 10.5 Å². The first-order chi connectivity index (χ1) is 8.79. The summed E-state index contributed by atoms with van der Waals surface area (Å²) in [6.07, 6.45) is 0.721. The molecular formula is C12H19N3O3S. The molecule has 0 saturated heterocycles. The number of anilines is 1. The summed E-state index contributed by atoms with van der Waals surface area (Å²) >= 11 is 0. The third kappa shape index (κ3) is 3.60. The smallest absolute Gasteiger partial charge is 0.328 e. The minimum atomic E-state index is -3.96. The zero-order chi connectivity index (χ0) is 14.6. The lowest BCUT2D eigenvalue weighted by Gasteiger charge is -2.13. The molecule has 1 aromatic carbocycles. The topological polar surface area (TPSA) is 101 Å². The SMILES string of the molecule is CCCNC(=O)NS(=O)(=O)c1c(N)ccc(C)c1C. The zero-order valence-electron chi connectivity index (χ0n) is 11.3. The number of rotatable bonds is 4. The number of aryl methyl sites for hydroxylation is 1. The Bertz CT molecular complexity index is 582. The predicted octanol–water partition coefficient (Wildman–Crippen LogP) is 1.28. The number of amides is 2. The van der Waals surface area contributed by atoms with Crippen LogP contribution in [-0.4, -0.2) is 21.0 Å². The number of sulfonamides is 1. The fourth-order valence-corrected chi connectivity index (χ4v) is 2.98. The molecule has 0 fully saturated rings. The Morgan fingerprint density at radius 2 is 1.95 bits per heavy atom. The average Bonchev–Trinajstić information content (AvgIpc) is 2.31. The standard InChI is InChI=1S/C12H19N3O3S/c1-4-7-14-12(16)15-19(17,18)11-9(3)8(2)5-6-10(11)13/h5-6H,4,7,13H2,1-3H3,(H2,14,15,16). The van der Waals surface area contributed by atoms with Crippen molar-refractivity contribution in [3.05, 3.63) is 23.3 Å². The van der Waals surface area contributed by atoms with Gasteiger partial charge < -0.3 is 11.1 Å². The quantitative estimate of drug-likeness (QED) is 0.725. The molecule has 0 radical (unpaired) electrons. The van der Waals surface area contributed by atoms with Crippen molar-refractivity contribution in [2.75, 3.05) is 12.3 Å². The molecule has 0 bridgehead atoms. The fraction of sp³-hybridized carbons (Fsp3) is 0.417.